The van der Waals surface area contributed by atoms with Crippen LogP contribution >= 0.6 is 0 Å². The molecule has 0 aliphatic carbocycles. The molecular weight excluding hydrogens is 408 g/mol. The number of H-pyrrole nitrogens is 1. The fourth-order valence-corrected chi connectivity index (χ4v) is 3.92. The molecule has 1 aromatic heterocycles. The van der Waals surface area contributed by atoms with Crippen molar-refractivity contribution in [1.29, 1.82) is 0 Å². The van der Waals surface area contributed by atoms with Crippen LogP contribution in [-0.2, 0) is 19.4 Å². The fourth-order valence-electron chi connectivity index (χ4n) is 3.92. The molecule has 0 saturated heterocycles. The van der Waals surface area contributed by atoms with Crippen molar-refractivity contribution in [2.75, 3.05) is 0 Å². The number of nitrogens with one attached hydrogen (secondary N) is 1. The zero-order valence-corrected chi connectivity index (χ0v) is 18.2. The van der Waals surface area contributed by atoms with E-state index >= 15 is 0 Å². The number of hydrogen-bond acceptors (Lipinski definition) is 4. The van der Waals surface area contributed by atoms with Gasteiger partial charge in [0.2, 0.25) is 0 Å². The van der Waals surface area contributed by atoms with E-state index in [0.29, 0.717) is 12.4 Å². The maximum atomic E-state index is 6.48. The van der Waals surface area contributed by atoms with E-state index in [4.69, 9.17) is 4.74 Å². The van der Waals surface area contributed by atoms with Crippen LogP contribution in [0.2, 0.25) is 0 Å². The van der Waals surface area contributed by atoms with Crippen molar-refractivity contribution >= 4 is 0 Å². The maximum absolute atomic E-state index is 6.48. The van der Waals surface area contributed by atoms with Crippen LogP contribution in [0.3, 0.4) is 0 Å². The van der Waals surface area contributed by atoms with Crippen LogP contribution in [0.1, 0.15) is 16.7 Å². The molecular formula is C28H24N4O. The molecule has 0 aliphatic heterocycles. The molecule has 0 amide bonds. The maximum Gasteiger partial charge on any atom is 0.179 e. The van der Waals surface area contributed by atoms with Crippen LogP contribution in [0.5, 0.6) is 5.75 Å². The molecule has 4 aromatic carbocycles. The lowest BCUT2D eigenvalue weighted by Crippen LogP contribution is -2.02. The van der Waals surface area contributed by atoms with Gasteiger partial charge in [0.25, 0.3) is 0 Å². The molecule has 0 bridgehead atoms. The highest BCUT2D eigenvalue weighted by Crippen LogP contribution is 2.34. The van der Waals surface area contributed by atoms with E-state index in [0.717, 1.165) is 40.8 Å². The number of rotatable bonds is 8. The van der Waals surface area contributed by atoms with E-state index in [1.807, 2.05) is 30.3 Å². The lowest BCUT2D eigenvalue weighted by Gasteiger charge is -2.17. The molecule has 0 aliphatic rings. The lowest BCUT2D eigenvalue weighted by atomic mass is 9.97. The predicted octanol–water partition coefficient (Wildman–Crippen LogP) is 5.90. The average Bonchev–Trinajstić information content (AvgIpc) is 3.43. The van der Waals surface area contributed by atoms with Crippen molar-refractivity contribution < 1.29 is 4.74 Å². The highest BCUT2D eigenvalue weighted by molar-refractivity contribution is 5.72. The van der Waals surface area contributed by atoms with Crippen molar-refractivity contribution in [3.63, 3.8) is 0 Å². The Kier molecular flexibility index (Phi) is 6.20. The van der Waals surface area contributed by atoms with Gasteiger partial charge in [0, 0.05) is 11.1 Å². The first-order valence-electron chi connectivity index (χ1n) is 11.0. The largest absolute Gasteiger partial charge is 0.488 e. The third-order valence-electron chi connectivity index (χ3n) is 5.66. The number of hydrogen-bond donors (Lipinski definition) is 1. The number of aryl methyl sites for hydroxylation is 2. The number of aromatic nitrogens is 4. The molecule has 0 saturated carbocycles. The van der Waals surface area contributed by atoms with E-state index in [-0.39, 0.29) is 0 Å². The standard InChI is InChI=1S/C28H24N4O/c1-3-8-21(9-4-1)14-17-24-12-7-13-26(23-10-5-2-6-11-23)27(24)33-20-22-15-18-25(19-16-22)28-29-31-32-30-28/h1-13,15-16,18-19H,14,17,20H2,(H,29,30,31,32). The van der Waals surface area contributed by atoms with Gasteiger partial charge in [-0.15, -0.1) is 5.10 Å². The zero-order chi connectivity index (χ0) is 22.3. The highest BCUT2D eigenvalue weighted by atomic mass is 16.5. The predicted molar refractivity (Wildman–Crippen MR) is 130 cm³/mol. The van der Waals surface area contributed by atoms with E-state index in [1.54, 1.807) is 0 Å². The summed E-state index contributed by atoms with van der Waals surface area (Å²) in [6.45, 7) is 0.483. The zero-order valence-electron chi connectivity index (χ0n) is 18.2. The Labute approximate surface area is 193 Å². The lowest BCUT2D eigenvalue weighted by molar-refractivity contribution is 0.304. The van der Waals surface area contributed by atoms with Crippen molar-refractivity contribution in [3.05, 3.63) is 120 Å². The highest BCUT2D eigenvalue weighted by Gasteiger charge is 2.13. The molecule has 1 heterocycles. The van der Waals surface area contributed by atoms with Crippen LogP contribution < -0.4 is 4.74 Å². The summed E-state index contributed by atoms with van der Waals surface area (Å²) in [5, 5.41) is 14.0. The first-order valence-corrected chi connectivity index (χ1v) is 11.0. The van der Waals surface area contributed by atoms with E-state index in [2.05, 4.69) is 93.4 Å². The summed E-state index contributed by atoms with van der Waals surface area (Å²) in [4.78, 5) is 0. The minimum absolute atomic E-state index is 0.483. The van der Waals surface area contributed by atoms with Crippen molar-refractivity contribution in [1.82, 2.24) is 20.6 Å². The molecule has 5 rings (SSSR count). The molecule has 0 atom stereocenters. The molecule has 1 N–H and O–H groups in total. The summed E-state index contributed by atoms with van der Waals surface area (Å²) in [6.07, 6.45) is 1.88. The molecule has 5 nitrogen and oxygen atoms in total. The Morgan fingerprint density at radius 3 is 2.12 bits per heavy atom. The topological polar surface area (TPSA) is 63.7 Å². The Balaban J connectivity index is 1.40. The van der Waals surface area contributed by atoms with Gasteiger partial charge in [0.15, 0.2) is 5.82 Å². The molecule has 0 fully saturated rings. The first kappa shape index (κ1) is 20.6. The monoisotopic (exact) mass is 432 g/mol. The number of aromatic amines is 1. The minimum Gasteiger partial charge on any atom is -0.488 e. The summed E-state index contributed by atoms with van der Waals surface area (Å²) in [7, 11) is 0. The van der Waals surface area contributed by atoms with Crippen LogP contribution in [0.4, 0.5) is 0 Å². The summed E-state index contributed by atoms with van der Waals surface area (Å²) in [5.74, 6) is 1.60. The quantitative estimate of drug-likeness (QED) is 0.332. The summed E-state index contributed by atoms with van der Waals surface area (Å²) >= 11 is 0. The number of benzene rings is 4. The number of nitrogens with zero attached hydrogens (tertiary/aromatic N) is 3. The third kappa shape index (κ3) is 4.99. The van der Waals surface area contributed by atoms with Gasteiger partial charge in [-0.05, 0) is 45.5 Å². The molecule has 5 aromatic rings. The average molecular weight is 433 g/mol. The van der Waals surface area contributed by atoms with Gasteiger partial charge in [0.1, 0.15) is 12.4 Å². The molecule has 33 heavy (non-hydrogen) atoms. The van der Waals surface area contributed by atoms with Gasteiger partial charge >= 0.3 is 0 Å². The van der Waals surface area contributed by atoms with Crippen molar-refractivity contribution in [2.45, 2.75) is 19.4 Å². The van der Waals surface area contributed by atoms with Crippen molar-refractivity contribution in [3.8, 4) is 28.3 Å². The molecule has 0 spiro atoms. The summed E-state index contributed by atoms with van der Waals surface area (Å²) in [6, 6.07) is 35.5. The number of tetrazole rings is 1. The van der Waals surface area contributed by atoms with Gasteiger partial charge in [-0.1, -0.05) is 103 Å². The molecule has 0 unspecified atom stereocenters. The van der Waals surface area contributed by atoms with E-state index in [9.17, 15) is 0 Å². The number of para-hydroxylation sites is 1. The SMILES string of the molecule is c1ccc(CCc2cccc(-c3ccccc3)c2OCc2ccc(-c3nnn[nH]3)cc2)cc1. The molecule has 5 heteroatoms. The minimum atomic E-state index is 0.483. The van der Waals surface area contributed by atoms with Crippen LogP contribution in [0.15, 0.2) is 103 Å². The van der Waals surface area contributed by atoms with Gasteiger partial charge in [-0.3, -0.25) is 0 Å². The Bertz CT molecular complexity index is 1290. The van der Waals surface area contributed by atoms with Crippen LogP contribution in [0.25, 0.3) is 22.5 Å². The van der Waals surface area contributed by atoms with Crippen molar-refractivity contribution in [2.24, 2.45) is 0 Å². The first-order chi connectivity index (χ1) is 16.4. The van der Waals surface area contributed by atoms with Gasteiger partial charge in [-0.2, -0.15) is 0 Å². The van der Waals surface area contributed by atoms with Gasteiger partial charge in [-0.25, -0.2) is 5.10 Å². The van der Waals surface area contributed by atoms with Gasteiger partial charge < -0.3 is 4.74 Å². The second-order valence-electron chi connectivity index (χ2n) is 7.88. The Morgan fingerprint density at radius 2 is 1.39 bits per heavy atom. The smallest absolute Gasteiger partial charge is 0.179 e. The molecule has 162 valence electrons. The van der Waals surface area contributed by atoms with E-state index in [1.165, 1.54) is 11.1 Å². The van der Waals surface area contributed by atoms with Gasteiger partial charge in [0.05, 0.1) is 0 Å². The van der Waals surface area contributed by atoms with Crippen LogP contribution in [-0.4, -0.2) is 20.6 Å². The fraction of sp³-hybridized carbons (Fsp3) is 0.107. The Morgan fingerprint density at radius 1 is 0.636 bits per heavy atom. The second kappa shape index (κ2) is 9.92. The molecule has 0 radical (unpaired) electrons. The third-order valence-corrected chi connectivity index (χ3v) is 5.66. The Hall–Kier alpha value is -4.25. The van der Waals surface area contributed by atoms with Crippen LogP contribution in [0, 0.1) is 0 Å². The van der Waals surface area contributed by atoms with E-state index < -0.39 is 0 Å². The summed E-state index contributed by atoms with van der Waals surface area (Å²) < 4.78 is 6.48. The summed E-state index contributed by atoms with van der Waals surface area (Å²) in [5.41, 5.74) is 6.84. The normalized spacial score (nSPS) is 10.8. The number of ether oxygens (including phenoxy) is 1. The second-order valence-corrected chi connectivity index (χ2v) is 7.88.